The van der Waals surface area contributed by atoms with E-state index in [0.29, 0.717) is 5.92 Å². The minimum Gasteiger partial charge on any atom is -0.0651 e. The van der Waals surface area contributed by atoms with Gasteiger partial charge < -0.3 is 0 Å². The van der Waals surface area contributed by atoms with Crippen molar-refractivity contribution in [3.05, 3.63) is 34.9 Å². The molecule has 0 aliphatic heterocycles. The van der Waals surface area contributed by atoms with Gasteiger partial charge in [0, 0.05) is 0 Å². The minimum absolute atomic E-state index is 0.694. The van der Waals surface area contributed by atoms with E-state index in [1.807, 2.05) is 0 Å². The van der Waals surface area contributed by atoms with E-state index in [-0.39, 0.29) is 0 Å². The van der Waals surface area contributed by atoms with Crippen LogP contribution in [0.25, 0.3) is 0 Å². The van der Waals surface area contributed by atoms with E-state index in [1.54, 1.807) is 0 Å². The van der Waals surface area contributed by atoms with Crippen LogP contribution in [-0.4, -0.2) is 0 Å². The van der Waals surface area contributed by atoms with Crippen molar-refractivity contribution < 1.29 is 0 Å². The van der Waals surface area contributed by atoms with E-state index in [4.69, 9.17) is 0 Å². The predicted octanol–water partition coefficient (Wildman–Crippen LogP) is 4.84. The van der Waals surface area contributed by atoms with Crippen LogP contribution in [0.1, 0.15) is 56.2 Å². The molecule has 15 heavy (non-hydrogen) atoms. The van der Waals surface area contributed by atoms with Crippen LogP contribution in [0.4, 0.5) is 0 Å². The molecule has 0 nitrogen and oxygen atoms in total. The fourth-order valence-electron chi connectivity index (χ4n) is 2.19. The molecule has 0 fully saturated rings. The Hall–Kier alpha value is -0.780. The molecular formula is C15H24. The van der Waals surface area contributed by atoms with Crippen LogP contribution in [0, 0.1) is 19.8 Å². The lowest BCUT2D eigenvalue weighted by Crippen LogP contribution is -2.03. The van der Waals surface area contributed by atoms with Gasteiger partial charge in [0.2, 0.25) is 0 Å². The Labute approximate surface area is 94.7 Å². The maximum atomic E-state index is 2.36. The molecule has 0 saturated heterocycles. The molecule has 0 aliphatic rings. The van der Waals surface area contributed by atoms with Crippen LogP contribution in [0.3, 0.4) is 0 Å². The highest BCUT2D eigenvalue weighted by Gasteiger charge is 2.11. The van der Waals surface area contributed by atoms with Gasteiger partial charge in [-0.05, 0) is 43.2 Å². The highest BCUT2D eigenvalue weighted by atomic mass is 14.2. The third-order valence-corrected chi connectivity index (χ3v) is 3.42. The fourth-order valence-corrected chi connectivity index (χ4v) is 2.19. The smallest absolute Gasteiger partial charge is 0.0185 e. The highest BCUT2D eigenvalue weighted by molar-refractivity contribution is 5.32. The van der Waals surface area contributed by atoms with Crippen molar-refractivity contribution in [3.8, 4) is 0 Å². The van der Waals surface area contributed by atoms with Gasteiger partial charge in [0.05, 0.1) is 0 Å². The largest absolute Gasteiger partial charge is 0.0651 e. The topological polar surface area (TPSA) is 0 Å². The van der Waals surface area contributed by atoms with E-state index in [2.05, 4.69) is 52.8 Å². The van der Waals surface area contributed by atoms with Crippen LogP contribution >= 0.6 is 0 Å². The number of rotatable bonds is 4. The summed E-state index contributed by atoms with van der Waals surface area (Å²) in [5.74, 6) is 1.53. The molecule has 0 heteroatoms. The maximum absolute atomic E-state index is 2.36. The third-order valence-electron chi connectivity index (χ3n) is 3.42. The average molecular weight is 204 g/mol. The first-order valence-electron chi connectivity index (χ1n) is 6.11. The quantitative estimate of drug-likeness (QED) is 0.658. The van der Waals surface area contributed by atoms with Gasteiger partial charge in [0.1, 0.15) is 0 Å². The summed E-state index contributed by atoms with van der Waals surface area (Å²) in [4.78, 5) is 0. The molecule has 1 aromatic carbocycles. The lowest BCUT2D eigenvalue weighted by molar-refractivity contribution is 0.470. The van der Waals surface area contributed by atoms with Crippen molar-refractivity contribution in [2.45, 2.75) is 53.4 Å². The highest BCUT2D eigenvalue weighted by Crippen LogP contribution is 2.27. The molecule has 2 atom stereocenters. The summed E-state index contributed by atoms with van der Waals surface area (Å²) in [6, 6.07) is 6.80. The van der Waals surface area contributed by atoms with Crippen LogP contribution in [0.15, 0.2) is 18.2 Å². The molecule has 0 bridgehead atoms. The molecule has 0 spiro atoms. The van der Waals surface area contributed by atoms with Crippen molar-refractivity contribution in [2.24, 2.45) is 5.92 Å². The van der Waals surface area contributed by atoms with Crippen LogP contribution in [-0.2, 0) is 0 Å². The van der Waals surface area contributed by atoms with Gasteiger partial charge >= 0.3 is 0 Å². The first-order chi connectivity index (χ1) is 7.04. The Morgan fingerprint density at radius 1 is 1.13 bits per heavy atom. The van der Waals surface area contributed by atoms with Gasteiger partial charge in [0.15, 0.2) is 0 Å². The van der Waals surface area contributed by atoms with E-state index < -0.39 is 0 Å². The summed E-state index contributed by atoms with van der Waals surface area (Å²) in [6.45, 7) is 11.4. The first-order valence-corrected chi connectivity index (χ1v) is 6.11. The molecule has 1 rings (SSSR count). The summed E-state index contributed by atoms with van der Waals surface area (Å²) in [5, 5.41) is 0. The molecule has 0 N–H and O–H groups in total. The van der Waals surface area contributed by atoms with Gasteiger partial charge in [-0.25, -0.2) is 0 Å². The van der Waals surface area contributed by atoms with Crippen LogP contribution in [0.5, 0.6) is 0 Å². The van der Waals surface area contributed by atoms with Crippen molar-refractivity contribution in [1.82, 2.24) is 0 Å². The number of aryl methyl sites for hydroxylation is 2. The van der Waals surface area contributed by atoms with Crippen molar-refractivity contribution in [1.29, 1.82) is 0 Å². The Kier molecular flexibility index (Phi) is 4.38. The maximum Gasteiger partial charge on any atom is -0.0185 e. The zero-order chi connectivity index (χ0) is 11.4. The standard InChI is InChI=1S/C15H24/c1-6-11(2)9-14(5)15-10-12(3)7-8-13(15)4/h7-8,10-11,14H,6,9H2,1-5H3/t11-,14?/m1/s1. The number of benzene rings is 1. The fraction of sp³-hybridized carbons (Fsp3) is 0.600. The molecule has 0 heterocycles. The monoisotopic (exact) mass is 204 g/mol. The Balaban J connectivity index is 2.80. The average Bonchev–Trinajstić information content (AvgIpc) is 2.21. The summed E-state index contributed by atoms with van der Waals surface area (Å²) in [5.41, 5.74) is 4.36. The zero-order valence-electron chi connectivity index (χ0n) is 10.8. The predicted molar refractivity (Wildman–Crippen MR) is 68.4 cm³/mol. The van der Waals surface area contributed by atoms with Crippen LogP contribution in [0.2, 0.25) is 0 Å². The molecular weight excluding hydrogens is 180 g/mol. The number of hydrogen-bond donors (Lipinski definition) is 0. The van der Waals surface area contributed by atoms with E-state index in [0.717, 1.165) is 5.92 Å². The molecule has 0 amide bonds. The minimum atomic E-state index is 0.694. The Bertz CT molecular complexity index is 312. The zero-order valence-corrected chi connectivity index (χ0v) is 10.8. The second-order valence-electron chi connectivity index (χ2n) is 5.01. The second-order valence-corrected chi connectivity index (χ2v) is 5.01. The summed E-state index contributed by atoms with van der Waals surface area (Å²) < 4.78 is 0. The SMILES string of the molecule is CC[C@@H](C)CC(C)c1cc(C)ccc1C. The Morgan fingerprint density at radius 2 is 1.80 bits per heavy atom. The van der Waals surface area contributed by atoms with E-state index in [1.165, 1.54) is 29.5 Å². The van der Waals surface area contributed by atoms with Gasteiger partial charge in [-0.1, -0.05) is 51.0 Å². The molecule has 1 aromatic rings. The molecule has 0 aromatic heterocycles. The molecule has 1 unspecified atom stereocenters. The van der Waals surface area contributed by atoms with Gasteiger partial charge in [0.25, 0.3) is 0 Å². The normalized spacial score (nSPS) is 15.0. The number of hydrogen-bond acceptors (Lipinski definition) is 0. The molecule has 84 valence electrons. The molecule has 0 saturated carbocycles. The van der Waals surface area contributed by atoms with Crippen molar-refractivity contribution >= 4 is 0 Å². The third kappa shape index (κ3) is 3.37. The lowest BCUT2D eigenvalue weighted by atomic mass is 9.87. The first kappa shape index (κ1) is 12.3. The lowest BCUT2D eigenvalue weighted by Gasteiger charge is -2.18. The summed E-state index contributed by atoms with van der Waals surface area (Å²) in [6.07, 6.45) is 2.59. The van der Waals surface area contributed by atoms with E-state index in [9.17, 15) is 0 Å². The van der Waals surface area contributed by atoms with Gasteiger partial charge in [-0.15, -0.1) is 0 Å². The van der Waals surface area contributed by atoms with Crippen molar-refractivity contribution in [2.75, 3.05) is 0 Å². The summed E-state index contributed by atoms with van der Waals surface area (Å²) in [7, 11) is 0. The van der Waals surface area contributed by atoms with Gasteiger partial charge in [-0.3, -0.25) is 0 Å². The Morgan fingerprint density at radius 3 is 2.40 bits per heavy atom. The van der Waals surface area contributed by atoms with Gasteiger partial charge in [-0.2, -0.15) is 0 Å². The van der Waals surface area contributed by atoms with E-state index >= 15 is 0 Å². The molecule has 0 aliphatic carbocycles. The van der Waals surface area contributed by atoms with Crippen molar-refractivity contribution in [3.63, 3.8) is 0 Å². The molecule has 0 radical (unpaired) electrons. The van der Waals surface area contributed by atoms with Crippen LogP contribution < -0.4 is 0 Å². The summed E-state index contributed by atoms with van der Waals surface area (Å²) >= 11 is 0. The second kappa shape index (κ2) is 5.34.